The van der Waals surface area contributed by atoms with Gasteiger partial charge in [0.2, 0.25) is 12.2 Å². The molecular formula is C9H15N5. The number of nitrogens with two attached hydrogens (primary N) is 1. The van der Waals surface area contributed by atoms with Crippen LogP contribution in [0.1, 0.15) is 25.7 Å². The molecule has 0 unspecified atom stereocenters. The highest BCUT2D eigenvalue weighted by Crippen LogP contribution is 2.10. The van der Waals surface area contributed by atoms with Gasteiger partial charge in [-0.05, 0) is 12.8 Å². The summed E-state index contributed by atoms with van der Waals surface area (Å²) in [6.07, 6.45) is 6.07. The SMILES string of the molecule is CN1CCCCCC1=NC(N)=NC#N. The second kappa shape index (κ2) is 5.22. The highest BCUT2D eigenvalue weighted by Gasteiger charge is 2.10. The first-order valence-corrected chi connectivity index (χ1v) is 4.75. The van der Waals surface area contributed by atoms with Gasteiger partial charge in [-0.2, -0.15) is 10.3 Å². The van der Waals surface area contributed by atoms with Crippen LogP contribution in [0.25, 0.3) is 0 Å². The summed E-state index contributed by atoms with van der Waals surface area (Å²) in [6.45, 7) is 0.999. The maximum atomic E-state index is 8.29. The molecule has 0 bridgehead atoms. The third kappa shape index (κ3) is 3.05. The van der Waals surface area contributed by atoms with Crippen molar-refractivity contribution >= 4 is 11.8 Å². The molecule has 14 heavy (non-hydrogen) atoms. The Labute approximate surface area is 83.9 Å². The van der Waals surface area contributed by atoms with Gasteiger partial charge in [0, 0.05) is 20.0 Å². The summed E-state index contributed by atoms with van der Waals surface area (Å²) < 4.78 is 0. The van der Waals surface area contributed by atoms with Crippen molar-refractivity contribution in [3.8, 4) is 6.19 Å². The minimum absolute atomic E-state index is 0.0521. The zero-order valence-electron chi connectivity index (χ0n) is 8.40. The van der Waals surface area contributed by atoms with E-state index in [9.17, 15) is 0 Å². The molecule has 1 saturated heterocycles. The lowest BCUT2D eigenvalue weighted by atomic mass is 10.2. The van der Waals surface area contributed by atoms with Gasteiger partial charge in [-0.1, -0.05) is 6.42 Å². The molecule has 5 nitrogen and oxygen atoms in total. The van der Waals surface area contributed by atoms with Gasteiger partial charge in [-0.25, -0.2) is 0 Å². The highest BCUT2D eigenvalue weighted by molar-refractivity contribution is 5.95. The molecule has 0 aromatic carbocycles. The molecule has 0 aromatic heterocycles. The lowest BCUT2D eigenvalue weighted by molar-refractivity contribution is 0.495. The van der Waals surface area contributed by atoms with Crippen molar-refractivity contribution in [2.75, 3.05) is 13.6 Å². The fourth-order valence-corrected chi connectivity index (χ4v) is 1.48. The third-order valence-corrected chi connectivity index (χ3v) is 2.24. The van der Waals surface area contributed by atoms with Gasteiger partial charge < -0.3 is 10.6 Å². The molecular weight excluding hydrogens is 178 g/mol. The quantitative estimate of drug-likeness (QED) is 0.349. The number of nitriles is 1. The molecule has 0 spiro atoms. The lowest BCUT2D eigenvalue weighted by Gasteiger charge is -2.17. The minimum Gasteiger partial charge on any atom is -0.367 e. The van der Waals surface area contributed by atoms with Gasteiger partial charge in [0.15, 0.2) is 0 Å². The van der Waals surface area contributed by atoms with Crippen LogP contribution in [0.5, 0.6) is 0 Å². The zero-order valence-corrected chi connectivity index (χ0v) is 8.40. The first-order valence-electron chi connectivity index (χ1n) is 4.75. The molecule has 1 rings (SSSR count). The Hall–Kier alpha value is -1.57. The van der Waals surface area contributed by atoms with E-state index in [4.69, 9.17) is 11.0 Å². The smallest absolute Gasteiger partial charge is 0.232 e. The molecule has 0 atom stereocenters. The molecule has 2 N–H and O–H groups in total. The predicted octanol–water partition coefficient (Wildman–Crippen LogP) is 0.686. The van der Waals surface area contributed by atoms with Crippen LogP contribution >= 0.6 is 0 Å². The number of hydrogen-bond acceptors (Lipinski definition) is 2. The Kier molecular flexibility index (Phi) is 3.92. The number of amidine groups is 1. The number of likely N-dealkylation sites (tertiary alicyclic amines) is 1. The Morgan fingerprint density at radius 1 is 1.50 bits per heavy atom. The van der Waals surface area contributed by atoms with Gasteiger partial charge >= 0.3 is 0 Å². The van der Waals surface area contributed by atoms with Crippen LogP contribution in [0.2, 0.25) is 0 Å². The average Bonchev–Trinajstić information content (AvgIpc) is 2.33. The topological polar surface area (TPSA) is 77.8 Å². The summed E-state index contributed by atoms with van der Waals surface area (Å²) in [4.78, 5) is 9.56. The van der Waals surface area contributed by atoms with Crippen LogP contribution in [0.15, 0.2) is 9.98 Å². The molecule has 0 saturated carbocycles. The summed E-state index contributed by atoms with van der Waals surface area (Å²) in [7, 11) is 1.99. The molecule has 1 aliphatic heterocycles. The molecule has 1 heterocycles. The summed E-state index contributed by atoms with van der Waals surface area (Å²) in [6, 6.07) is 0. The van der Waals surface area contributed by atoms with Crippen molar-refractivity contribution in [1.29, 1.82) is 5.26 Å². The Morgan fingerprint density at radius 3 is 3.00 bits per heavy atom. The second-order valence-corrected chi connectivity index (χ2v) is 3.33. The normalized spacial score (nSPS) is 21.9. The van der Waals surface area contributed by atoms with E-state index in [-0.39, 0.29) is 5.96 Å². The van der Waals surface area contributed by atoms with Crippen LogP contribution in [0.4, 0.5) is 0 Å². The molecule has 0 aromatic rings. The van der Waals surface area contributed by atoms with Crippen LogP contribution in [0.3, 0.4) is 0 Å². The van der Waals surface area contributed by atoms with E-state index >= 15 is 0 Å². The van der Waals surface area contributed by atoms with Crippen molar-refractivity contribution < 1.29 is 0 Å². The maximum absolute atomic E-state index is 8.29. The zero-order chi connectivity index (χ0) is 10.4. The van der Waals surface area contributed by atoms with E-state index in [0.717, 1.165) is 25.2 Å². The number of guanidine groups is 1. The standard InChI is InChI=1S/C9H15N5/c1-14-6-4-2-3-5-8(14)13-9(11)12-7-10/h2-6H2,1H3,(H2,11,12). The van der Waals surface area contributed by atoms with Crippen molar-refractivity contribution in [1.82, 2.24) is 4.90 Å². The molecule has 1 aliphatic rings. The molecule has 0 amide bonds. The molecule has 0 radical (unpaired) electrons. The van der Waals surface area contributed by atoms with Crippen LogP contribution in [-0.2, 0) is 0 Å². The lowest BCUT2D eigenvalue weighted by Crippen LogP contribution is -2.28. The van der Waals surface area contributed by atoms with E-state index in [1.807, 2.05) is 7.05 Å². The molecule has 1 fully saturated rings. The summed E-state index contributed by atoms with van der Waals surface area (Å²) >= 11 is 0. The fourth-order valence-electron chi connectivity index (χ4n) is 1.48. The first-order chi connectivity index (χ1) is 6.74. The van der Waals surface area contributed by atoms with Gasteiger partial charge in [0.1, 0.15) is 5.84 Å². The van der Waals surface area contributed by atoms with Crippen LogP contribution in [0, 0.1) is 11.5 Å². The van der Waals surface area contributed by atoms with E-state index < -0.39 is 0 Å². The van der Waals surface area contributed by atoms with Gasteiger partial charge in [-0.15, -0.1) is 4.99 Å². The third-order valence-electron chi connectivity index (χ3n) is 2.24. The predicted molar refractivity (Wildman–Crippen MR) is 55.8 cm³/mol. The summed E-state index contributed by atoms with van der Waals surface area (Å²) in [5.41, 5.74) is 5.44. The minimum atomic E-state index is 0.0521. The number of nitrogens with zero attached hydrogens (tertiary/aromatic N) is 4. The van der Waals surface area contributed by atoms with Crippen LogP contribution in [-0.4, -0.2) is 30.3 Å². The average molecular weight is 193 g/mol. The summed E-state index contributed by atoms with van der Waals surface area (Å²) in [5.74, 6) is 0.982. The first kappa shape index (κ1) is 10.5. The van der Waals surface area contributed by atoms with Crippen LogP contribution < -0.4 is 5.73 Å². The number of aliphatic imine (C=N–C) groups is 2. The van der Waals surface area contributed by atoms with E-state index in [2.05, 4.69) is 14.9 Å². The molecule has 5 heteroatoms. The Morgan fingerprint density at radius 2 is 2.29 bits per heavy atom. The van der Waals surface area contributed by atoms with Gasteiger partial charge in [-0.3, -0.25) is 0 Å². The van der Waals surface area contributed by atoms with E-state index in [0.29, 0.717) is 0 Å². The Balaban J connectivity index is 2.73. The van der Waals surface area contributed by atoms with Gasteiger partial charge in [0.25, 0.3) is 0 Å². The van der Waals surface area contributed by atoms with Crippen molar-refractivity contribution in [3.63, 3.8) is 0 Å². The van der Waals surface area contributed by atoms with Crippen molar-refractivity contribution in [2.45, 2.75) is 25.7 Å². The van der Waals surface area contributed by atoms with E-state index in [1.165, 1.54) is 12.8 Å². The summed E-state index contributed by atoms with van der Waals surface area (Å²) in [5, 5.41) is 8.29. The van der Waals surface area contributed by atoms with Crippen molar-refractivity contribution in [2.24, 2.45) is 15.7 Å². The monoisotopic (exact) mass is 193 g/mol. The Bertz CT molecular complexity index is 286. The van der Waals surface area contributed by atoms with Gasteiger partial charge in [0.05, 0.1) is 0 Å². The number of rotatable bonds is 0. The highest BCUT2D eigenvalue weighted by atomic mass is 15.2. The van der Waals surface area contributed by atoms with E-state index in [1.54, 1.807) is 6.19 Å². The number of hydrogen-bond donors (Lipinski definition) is 1. The molecule has 76 valence electrons. The fraction of sp³-hybridized carbons (Fsp3) is 0.667. The largest absolute Gasteiger partial charge is 0.367 e. The van der Waals surface area contributed by atoms with Crippen molar-refractivity contribution in [3.05, 3.63) is 0 Å². The molecule has 0 aliphatic carbocycles. The second-order valence-electron chi connectivity index (χ2n) is 3.33. The maximum Gasteiger partial charge on any atom is 0.232 e.